The quantitative estimate of drug-likeness (QED) is 0.359. The fourth-order valence-corrected chi connectivity index (χ4v) is 0.750. The first-order valence-corrected chi connectivity index (χ1v) is 3.96. The molecule has 3 heteroatoms. The summed E-state index contributed by atoms with van der Waals surface area (Å²) < 4.78 is 0. The second kappa shape index (κ2) is 5.66. The number of nitrogens with one attached hydrogen (secondary N) is 1. The molecule has 0 aliphatic rings. The summed E-state index contributed by atoms with van der Waals surface area (Å²) >= 11 is 0. The van der Waals surface area contributed by atoms with Crippen LogP contribution in [0.4, 0.5) is 0 Å². The summed E-state index contributed by atoms with van der Waals surface area (Å²) in [6, 6.07) is 0.312. The normalized spacial score (nSPS) is 12.6. The summed E-state index contributed by atoms with van der Waals surface area (Å²) in [4.78, 5) is 21.0. The minimum Gasteiger partial charge on any atom is -0.313 e. The minimum atomic E-state index is -0.418. The van der Waals surface area contributed by atoms with E-state index < -0.39 is 5.78 Å². The fourth-order valence-electron chi connectivity index (χ4n) is 0.750. The molecule has 0 rings (SSSR count). The summed E-state index contributed by atoms with van der Waals surface area (Å²) in [5.74, 6) is -0.803. The van der Waals surface area contributed by atoms with E-state index in [2.05, 4.69) is 11.9 Å². The lowest BCUT2D eigenvalue weighted by Gasteiger charge is -2.11. The van der Waals surface area contributed by atoms with Gasteiger partial charge in [0.25, 0.3) is 0 Å². The molecule has 0 aliphatic carbocycles. The average molecular weight is 169 g/mol. The van der Waals surface area contributed by atoms with Gasteiger partial charge in [0.15, 0.2) is 6.29 Å². The van der Waals surface area contributed by atoms with Gasteiger partial charge in [-0.15, -0.1) is 6.58 Å². The molecule has 0 aromatic rings. The highest BCUT2D eigenvalue weighted by Gasteiger charge is 2.13. The molecule has 0 saturated heterocycles. The molecule has 0 bridgehead atoms. The molecule has 12 heavy (non-hydrogen) atoms. The van der Waals surface area contributed by atoms with E-state index in [0.29, 0.717) is 18.9 Å². The maximum Gasteiger partial charge on any atom is 0.203 e. The smallest absolute Gasteiger partial charge is 0.203 e. The van der Waals surface area contributed by atoms with Crippen LogP contribution in [0.15, 0.2) is 12.7 Å². The lowest BCUT2D eigenvalue weighted by atomic mass is 10.1. The highest BCUT2D eigenvalue weighted by Crippen LogP contribution is 1.96. The van der Waals surface area contributed by atoms with E-state index in [1.807, 2.05) is 13.8 Å². The number of aldehydes is 1. The van der Waals surface area contributed by atoms with Crippen molar-refractivity contribution in [2.75, 3.05) is 6.54 Å². The predicted molar refractivity (Wildman–Crippen MR) is 47.9 cm³/mol. The molecule has 0 aromatic carbocycles. The van der Waals surface area contributed by atoms with Crippen molar-refractivity contribution in [1.82, 2.24) is 5.32 Å². The number of Topliss-reactive ketones (excluding diaryl/α,β-unsaturated/α-hetero) is 1. The van der Waals surface area contributed by atoms with E-state index >= 15 is 0 Å². The Labute approximate surface area is 72.8 Å². The summed E-state index contributed by atoms with van der Waals surface area (Å²) in [6.45, 7) is 7.93. The zero-order valence-corrected chi connectivity index (χ0v) is 7.54. The van der Waals surface area contributed by atoms with Gasteiger partial charge in [-0.2, -0.15) is 0 Å². The van der Waals surface area contributed by atoms with Crippen molar-refractivity contribution < 1.29 is 9.59 Å². The standard InChI is InChI=1S/C9H15NO2/c1-4-8(9(12)6-11)5-10-7(2)3/h4,6-8,10H,1,5H2,2-3H3. The molecule has 0 heterocycles. The van der Waals surface area contributed by atoms with E-state index in [4.69, 9.17) is 0 Å². The number of hydrogen-bond acceptors (Lipinski definition) is 3. The third-order valence-electron chi connectivity index (χ3n) is 1.51. The van der Waals surface area contributed by atoms with Gasteiger partial charge in [0, 0.05) is 12.6 Å². The van der Waals surface area contributed by atoms with E-state index in [1.165, 1.54) is 6.08 Å². The molecule has 0 radical (unpaired) electrons. The van der Waals surface area contributed by atoms with Crippen LogP contribution in [0.3, 0.4) is 0 Å². The number of rotatable bonds is 6. The number of carbonyl (C=O) groups is 2. The van der Waals surface area contributed by atoms with Crippen LogP contribution in [0.1, 0.15) is 13.8 Å². The molecule has 3 nitrogen and oxygen atoms in total. The van der Waals surface area contributed by atoms with Crippen molar-refractivity contribution in [3.05, 3.63) is 12.7 Å². The summed E-state index contributed by atoms with van der Waals surface area (Å²) in [5, 5.41) is 3.06. The van der Waals surface area contributed by atoms with Crippen molar-refractivity contribution in [3.8, 4) is 0 Å². The molecule has 0 saturated carbocycles. The average Bonchev–Trinajstić information content (AvgIpc) is 2.04. The Morgan fingerprint density at radius 2 is 2.17 bits per heavy atom. The number of hydrogen-bond donors (Lipinski definition) is 1. The molecular weight excluding hydrogens is 154 g/mol. The highest BCUT2D eigenvalue weighted by atomic mass is 16.2. The van der Waals surface area contributed by atoms with Crippen LogP contribution in [0.5, 0.6) is 0 Å². The molecular formula is C9H15NO2. The molecule has 1 atom stereocenters. The highest BCUT2D eigenvalue weighted by molar-refractivity contribution is 6.26. The first-order valence-electron chi connectivity index (χ1n) is 3.96. The van der Waals surface area contributed by atoms with Crippen LogP contribution >= 0.6 is 0 Å². The Kier molecular flexibility index (Phi) is 5.21. The third kappa shape index (κ3) is 4.03. The van der Waals surface area contributed by atoms with Crippen LogP contribution < -0.4 is 5.32 Å². The van der Waals surface area contributed by atoms with Gasteiger partial charge in [-0.05, 0) is 0 Å². The third-order valence-corrected chi connectivity index (χ3v) is 1.51. The van der Waals surface area contributed by atoms with Gasteiger partial charge >= 0.3 is 0 Å². The first kappa shape index (κ1) is 11.0. The first-order chi connectivity index (χ1) is 5.61. The van der Waals surface area contributed by atoms with Gasteiger partial charge in [-0.3, -0.25) is 9.59 Å². The largest absolute Gasteiger partial charge is 0.313 e. The van der Waals surface area contributed by atoms with Crippen molar-refractivity contribution in [2.24, 2.45) is 5.92 Å². The molecule has 1 N–H and O–H groups in total. The summed E-state index contributed by atoms with van der Waals surface area (Å²) in [6.07, 6.45) is 1.83. The SMILES string of the molecule is C=CC(CNC(C)C)C(=O)C=O. The lowest BCUT2D eigenvalue weighted by Crippen LogP contribution is -2.32. The lowest BCUT2D eigenvalue weighted by molar-refractivity contribution is -0.131. The van der Waals surface area contributed by atoms with Crippen molar-refractivity contribution in [1.29, 1.82) is 0 Å². The minimum absolute atomic E-state index is 0.312. The fraction of sp³-hybridized carbons (Fsp3) is 0.556. The molecule has 68 valence electrons. The van der Waals surface area contributed by atoms with Crippen molar-refractivity contribution in [3.63, 3.8) is 0 Å². The van der Waals surface area contributed by atoms with Gasteiger partial charge in [-0.25, -0.2) is 0 Å². The maximum atomic E-state index is 10.9. The Morgan fingerprint density at radius 3 is 2.50 bits per heavy atom. The second-order valence-electron chi connectivity index (χ2n) is 2.93. The van der Waals surface area contributed by atoms with E-state index in [1.54, 1.807) is 0 Å². The van der Waals surface area contributed by atoms with Crippen LogP contribution in [0.2, 0.25) is 0 Å². The molecule has 0 aromatic heterocycles. The van der Waals surface area contributed by atoms with Crippen molar-refractivity contribution >= 4 is 12.1 Å². The van der Waals surface area contributed by atoms with Gasteiger partial charge in [0.05, 0.1) is 5.92 Å². The van der Waals surface area contributed by atoms with Crippen LogP contribution in [0.25, 0.3) is 0 Å². The Morgan fingerprint density at radius 1 is 1.58 bits per heavy atom. The predicted octanol–water partition coefficient (Wildman–Crippen LogP) is 0.555. The molecule has 0 amide bonds. The van der Waals surface area contributed by atoms with Crippen LogP contribution in [0, 0.1) is 5.92 Å². The van der Waals surface area contributed by atoms with Gasteiger partial charge in [0.2, 0.25) is 5.78 Å². The van der Waals surface area contributed by atoms with Crippen molar-refractivity contribution in [2.45, 2.75) is 19.9 Å². The topological polar surface area (TPSA) is 46.2 Å². The second-order valence-corrected chi connectivity index (χ2v) is 2.93. The van der Waals surface area contributed by atoms with Gasteiger partial charge in [0.1, 0.15) is 0 Å². The zero-order valence-electron chi connectivity index (χ0n) is 7.54. The molecule has 0 aliphatic heterocycles. The summed E-state index contributed by atoms with van der Waals surface area (Å²) in [5.41, 5.74) is 0. The van der Waals surface area contributed by atoms with Crippen LogP contribution in [-0.2, 0) is 9.59 Å². The zero-order chi connectivity index (χ0) is 9.56. The Bertz CT molecular complexity index is 175. The summed E-state index contributed by atoms with van der Waals surface area (Å²) in [7, 11) is 0. The Hall–Kier alpha value is -0.960. The molecule has 1 unspecified atom stereocenters. The van der Waals surface area contributed by atoms with Crippen LogP contribution in [-0.4, -0.2) is 24.7 Å². The van der Waals surface area contributed by atoms with E-state index in [-0.39, 0.29) is 5.92 Å². The Balaban J connectivity index is 3.91. The maximum absolute atomic E-state index is 10.9. The van der Waals surface area contributed by atoms with Gasteiger partial charge in [-0.1, -0.05) is 19.9 Å². The molecule has 0 spiro atoms. The number of carbonyl (C=O) groups excluding carboxylic acids is 2. The van der Waals surface area contributed by atoms with E-state index in [0.717, 1.165) is 0 Å². The monoisotopic (exact) mass is 169 g/mol. The molecule has 0 fully saturated rings. The van der Waals surface area contributed by atoms with E-state index in [9.17, 15) is 9.59 Å². The number of ketones is 1. The van der Waals surface area contributed by atoms with Gasteiger partial charge < -0.3 is 5.32 Å².